The second kappa shape index (κ2) is 7.10. The van der Waals surface area contributed by atoms with Crippen molar-refractivity contribution in [2.75, 3.05) is 18.8 Å². The third-order valence-electron chi connectivity index (χ3n) is 3.97. The molecule has 0 aromatic heterocycles. The average Bonchev–Trinajstić information content (AvgIpc) is 2.45. The summed E-state index contributed by atoms with van der Waals surface area (Å²) in [5, 5.41) is 35.2. The van der Waals surface area contributed by atoms with Crippen LogP contribution in [-0.4, -0.2) is 58.3 Å². The number of aliphatic hydroxyl groups is 2. The average molecular weight is 338 g/mol. The number of para-hydroxylation sites is 1. The molecule has 1 aromatic rings. The number of carbonyl (C=O) groups excluding carboxylic acids is 1. The number of hydrogen-bond acceptors (Lipinski definition) is 7. The summed E-state index contributed by atoms with van der Waals surface area (Å²) in [6, 6.07) is 4.99. The lowest BCUT2D eigenvalue weighted by Gasteiger charge is -2.30. The van der Waals surface area contributed by atoms with Crippen LogP contribution in [0.4, 0.5) is 0 Å². The minimum absolute atomic E-state index is 0.142. The monoisotopic (exact) mass is 338 g/mol. The first-order valence-corrected chi connectivity index (χ1v) is 8.54. The van der Waals surface area contributed by atoms with E-state index in [1.165, 1.54) is 6.07 Å². The molecule has 7 nitrogen and oxygen atoms in total. The molecule has 1 fully saturated rings. The van der Waals surface area contributed by atoms with E-state index >= 15 is 0 Å². The number of benzene rings is 1. The molecule has 124 valence electrons. The molecule has 1 amide bonds. The first-order chi connectivity index (χ1) is 11.0. The van der Waals surface area contributed by atoms with Gasteiger partial charge in [-0.3, -0.25) is 4.79 Å². The van der Waals surface area contributed by atoms with Crippen molar-refractivity contribution >= 4 is 24.8 Å². The zero-order valence-electron chi connectivity index (χ0n) is 12.4. The predicted octanol–water partition coefficient (Wildman–Crippen LogP) is -1.19. The Hall–Kier alpha value is -1.26. The van der Waals surface area contributed by atoms with Crippen molar-refractivity contribution < 1.29 is 24.7 Å². The fraction of sp³-hybridized carbons (Fsp3) is 0.500. The van der Waals surface area contributed by atoms with Gasteiger partial charge >= 0.3 is 7.12 Å². The summed E-state index contributed by atoms with van der Waals surface area (Å²) >= 11 is 1.59. The maximum Gasteiger partial charge on any atom is 0.547 e. The van der Waals surface area contributed by atoms with Crippen LogP contribution in [0.5, 0.6) is 5.75 Å². The predicted molar refractivity (Wildman–Crippen MR) is 87.0 cm³/mol. The summed E-state index contributed by atoms with van der Waals surface area (Å²) in [5.74, 6) is -0.0781. The first kappa shape index (κ1) is 16.6. The number of thioether (sulfide) groups is 1. The highest BCUT2D eigenvalue weighted by molar-refractivity contribution is 8.00. The Morgan fingerprint density at radius 2 is 2.26 bits per heavy atom. The van der Waals surface area contributed by atoms with Gasteiger partial charge < -0.3 is 30.5 Å². The molecule has 1 atom stereocenters. The first-order valence-electron chi connectivity index (χ1n) is 7.49. The SMILES string of the molecule is O=C(CSC1CNC1)N[C@H]1Cc2cccc(C(O)O)c2OB1O. The Bertz CT molecular complexity index is 584. The fourth-order valence-corrected chi connectivity index (χ4v) is 3.54. The fourth-order valence-electron chi connectivity index (χ4n) is 2.60. The van der Waals surface area contributed by atoms with E-state index in [0.29, 0.717) is 17.4 Å². The molecule has 0 saturated carbocycles. The summed E-state index contributed by atoms with van der Waals surface area (Å²) in [6.45, 7) is 1.85. The number of fused-ring (bicyclic) bond motifs is 1. The highest BCUT2D eigenvalue weighted by atomic mass is 32.2. The number of amides is 1. The van der Waals surface area contributed by atoms with E-state index in [2.05, 4.69) is 10.6 Å². The van der Waals surface area contributed by atoms with Gasteiger partial charge in [0.05, 0.1) is 11.7 Å². The molecular weight excluding hydrogens is 319 g/mol. The van der Waals surface area contributed by atoms with Crippen LogP contribution in [0.3, 0.4) is 0 Å². The van der Waals surface area contributed by atoms with Gasteiger partial charge in [0.25, 0.3) is 0 Å². The van der Waals surface area contributed by atoms with Gasteiger partial charge in [0.1, 0.15) is 5.75 Å². The second-order valence-corrected chi connectivity index (χ2v) is 6.98. The summed E-state index contributed by atoms with van der Waals surface area (Å²) in [4.78, 5) is 12.0. The van der Waals surface area contributed by atoms with Crippen LogP contribution in [0.15, 0.2) is 18.2 Å². The second-order valence-electron chi connectivity index (χ2n) is 5.69. The highest BCUT2D eigenvalue weighted by Gasteiger charge is 2.37. The number of nitrogens with one attached hydrogen (secondary N) is 2. The van der Waals surface area contributed by atoms with E-state index < -0.39 is 19.3 Å². The van der Waals surface area contributed by atoms with E-state index in [-0.39, 0.29) is 17.2 Å². The standard InChI is InChI=1S/C14H19BN2O5S/c18-12(7-23-9-5-16-6-9)17-11-4-8-2-1-3-10(14(19)20)13(8)22-15(11)21/h1-3,9,11,14,16,19-21H,4-7H2,(H,17,18)/t11-/m0/s1. The number of hydrogen-bond donors (Lipinski definition) is 5. The van der Waals surface area contributed by atoms with Crippen molar-refractivity contribution in [3.63, 3.8) is 0 Å². The smallest absolute Gasteiger partial charge is 0.534 e. The number of carbonyl (C=O) groups is 1. The van der Waals surface area contributed by atoms with E-state index in [9.17, 15) is 20.0 Å². The van der Waals surface area contributed by atoms with Crippen LogP contribution in [0.2, 0.25) is 0 Å². The molecule has 0 spiro atoms. The third-order valence-corrected chi connectivity index (χ3v) is 5.20. The zero-order valence-corrected chi connectivity index (χ0v) is 13.3. The lowest BCUT2D eigenvalue weighted by atomic mass is 9.72. The van der Waals surface area contributed by atoms with E-state index in [1.807, 2.05) is 0 Å². The Kier molecular flexibility index (Phi) is 5.13. The van der Waals surface area contributed by atoms with Crippen LogP contribution >= 0.6 is 11.8 Å². The van der Waals surface area contributed by atoms with Crippen LogP contribution in [0.1, 0.15) is 17.4 Å². The van der Waals surface area contributed by atoms with Gasteiger partial charge in [-0.1, -0.05) is 18.2 Å². The minimum atomic E-state index is -1.67. The Balaban J connectivity index is 1.61. The molecule has 3 rings (SSSR count). The molecule has 0 aliphatic carbocycles. The largest absolute Gasteiger partial charge is 0.547 e. The van der Waals surface area contributed by atoms with Gasteiger partial charge in [-0.05, 0) is 12.0 Å². The summed E-state index contributed by atoms with van der Waals surface area (Å²) in [7, 11) is -1.22. The third kappa shape index (κ3) is 3.81. The van der Waals surface area contributed by atoms with Gasteiger partial charge in [-0.2, -0.15) is 0 Å². The van der Waals surface area contributed by atoms with Crippen molar-refractivity contribution in [1.29, 1.82) is 0 Å². The molecule has 0 radical (unpaired) electrons. The lowest BCUT2D eigenvalue weighted by molar-refractivity contribution is -0.119. The zero-order chi connectivity index (χ0) is 16.4. The van der Waals surface area contributed by atoms with Crippen LogP contribution in [0, 0.1) is 0 Å². The maximum absolute atomic E-state index is 12.0. The van der Waals surface area contributed by atoms with E-state index in [0.717, 1.165) is 18.7 Å². The maximum atomic E-state index is 12.0. The molecule has 1 aromatic carbocycles. The molecule has 9 heteroatoms. The molecule has 1 saturated heterocycles. The molecule has 5 N–H and O–H groups in total. The van der Waals surface area contributed by atoms with Crippen molar-refractivity contribution in [3.05, 3.63) is 29.3 Å². The van der Waals surface area contributed by atoms with Crippen molar-refractivity contribution in [2.45, 2.75) is 23.9 Å². The van der Waals surface area contributed by atoms with Crippen LogP contribution in [0.25, 0.3) is 0 Å². The number of rotatable bonds is 5. The highest BCUT2D eigenvalue weighted by Crippen LogP contribution is 2.32. The van der Waals surface area contributed by atoms with Crippen molar-refractivity contribution in [1.82, 2.24) is 10.6 Å². The molecular formula is C14H19BN2O5S. The van der Waals surface area contributed by atoms with Gasteiger partial charge in [0.15, 0.2) is 6.29 Å². The Morgan fingerprint density at radius 3 is 2.91 bits per heavy atom. The molecule has 23 heavy (non-hydrogen) atoms. The quantitative estimate of drug-likeness (QED) is 0.339. The summed E-state index contributed by atoms with van der Waals surface area (Å²) < 4.78 is 5.40. The summed E-state index contributed by atoms with van der Waals surface area (Å²) in [6.07, 6.45) is -1.30. The minimum Gasteiger partial charge on any atom is -0.534 e. The molecule has 2 aliphatic rings. The normalized spacial score (nSPS) is 20.7. The van der Waals surface area contributed by atoms with Gasteiger partial charge in [-0.25, -0.2) is 0 Å². The van der Waals surface area contributed by atoms with E-state index in [4.69, 9.17) is 4.65 Å². The van der Waals surface area contributed by atoms with Crippen LogP contribution < -0.4 is 15.3 Å². The Morgan fingerprint density at radius 1 is 1.48 bits per heavy atom. The Labute approximate surface area is 138 Å². The number of aliphatic hydroxyl groups excluding tert-OH is 1. The van der Waals surface area contributed by atoms with E-state index in [1.54, 1.807) is 23.9 Å². The van der Waals surface area contributed by atoms with Gasteiger partial charge in [-0.15, -0.1) is 11.8 Å². The molecule has 0 unspecified atom stereocenters. The van der Waals surface area contributed by atoms with Crippen molar-refractivity contribution in [2.24, 2.45) is 0 Å². The molecule has 2 aliphatic heterocycles. The molecule has 0 bridgehead atoms. The van der Waals surface area contributed by atoms with Crippen LogP contribution in [-0.2, 0) is 11.2 Å². The lowest BCUT2D eigenvalue weighted by Crippen LogP contribution is -2.54. The van der Waals surface area contributed by atoms with Gasteiger partial charge in [0.2, 0.25) is 5.91 Å². The molecule has 2 heterocycles. The van der Waals surface area contributed by atoms with Crippen molar-refractivity contribution in [3.8, 4) is 5.75 Å². The summed E-state index contributed by atoms with van der Waals surface area (Å²) in [5.41, 5.74) is 0.932. The topological polar surface area (TPSA) is 111 Å². The van der Waals surface area contributed by atoms with Gasteiger partial charge in [0, 0.05) is 23.9 Å².